The molecular weight excluding hydrogens is 430 g/mol. The molecule has 3 aromatic rings. The van der Waals surface area contributed by atoms with Crippen molar-refractivity contribution in [2.75, 3.05) is 13.1 Å². The molecule has 1 amide bonds. The van der Waals surface area contributed by atoms with Crippen molar-refractivity contribution in [1.29, 1.82) is 0 Å². The van der Waals surface area contributed by atoms with Crippen molar-refractivity contribution in [3.8, 4) is 0 Å². The summed E-state index contributed by atoms with van der Waals surface area (Å²) >= 11 is 0. The van der Waals surface area contributed by atoms with Crippen molar-refractivity contribution in [1.82, 2.24) is 24.3 Å². The number of sulfonamides is 1. The molecule has 3 unspecified atom stereocenters. The van der Waals surface area contributed by atoms with Crippen LogP contribution < -0.4 is 10.0 Å². The number of aromatic nitrogens is 2. The zero-order valence-electron chi connectivity index (χ0n) is 17.6. The summed E-state index contributed by atoms with van der Waals surface area (Å²) in [5.74, 6) is 0.0182. The molecular formula is C22H25N5O4S. The number of nitrogens with zero attached hydrogens (tertiary/aromatic N) is 3. The van der Waals surface area contributed by atoms with Crippen molar-refractivity contribution in [3.05, 3.63) is 66.1 Å². The highest BCUT2D eigenvalue weighted by atomic mass is 32.2. The number of amides is 1. The van der Waals surface area contributed by atoms with Crippen molar-refractivity contribution in [3.63, 3.8) is 0 Å². The molecule has 32 heavy (non-hydrogen) atoms. The molecule has 1 saturated heterocycles. The zero-order chi connectivity index (χ0) is 22.5. The predicted molar refractivity (Wildman–Crippen MR) is 117 cm³/mol. The van der Waals surface area contributed by atoms with Gasteiger partial charge in [-0.25, -0.2) is 18.1 Å². The summed E-state index contributed by atoms with van der Waals surface area (Å²) in [4.78, 5) is 18.7. The Labute approximate surface area is 186 Å². The van der Waals surface area contributed by atoms with Gasteiger partial charge in [0.1, 0.15) is 11.9 Å². The monoisotopic (exact) mass is 455 g/mol. The first-order valence-corrected chi connectivity index (χ1v) is 12.0. The molecule has 10 heteroatoms. The molecule has 0 radical (unpaired) electrons. The van der Waals surface area contributed by atoms with Crippen molar-refractivity contribution >= 4 is 21.6 Å². The summed E-state index contributed by atoms with van der Waals surface area (Å²) in [6.07, 6.45) is 5.37. The Morgan fingerprint density at radius 3 is 2.78 bits per heavy atom. The van der Waals surface area contributed by atoms with Gasteiger partial charge in [-0.05, 0) is 49.1 Å². The molecule has 2 aliphatic rings. The van der Waals surface area contributed by atoms with Crippen molar-refractivity contribution < 1.29 is 18.3 Å². The minimum Gasteiger partial charge on any atom is -0.379 e. The van der Waals surface area contributed by atoms with E-state index in [1.165, 1.54) is 0 Å². The molecule has 168 valence electrons. The summed E-state index contributed by atoms with van der Waals surface area (Å²) in [6, 6.07) is 9.99. The smallest absolute Gasteiger partial charge is 0.253 e. The number of carbonyl (C=O) groups is 1. The first-order chi connectivity index (χ1) is 15.3. The number of hydrogen-bond donors (Lipinski definition) is 3. The fourth-order valence-electron chi connectivity index (χ4n) is 4.42. The number of aliphatic hydroxyl groups excluding tert-OH is 1. The van der Waals surface area contributed by atoms with Gasteiger partial charge in [0.2, 0.25) is 10.0 Å². The lowest BCUT2D eigenvalue weighted by Gasteiger charge is -2.23. The van der Waals surface area contributed by atoms with E-state index in [9.17, 15) is 18.3 Å². The third-order valence-corrected chi connectivity index (χ3v) is 7.94. The average molecular weight is 456 g/mol. The quantitative estimate of drug-likeness (QED) is 0.489. The summed E-state index contributed by atoms with van der Waals surface area (Å²) < 4.78 is 30.4. The van der Waals surface area contributed by atoms with Crippen LogP contribution in [0.25, 0.3) is 5.65 Å². The molecule has 3 atom stereocenters. The van der Waals surface area contributed by atoms with Crippen LogP contribution in [0.15, 0.2) is 59.9 Å². The second-order valence-corrected chi connectivity index (χ2v) is 10.3. The maximum atomic E-state index is 12.9. The molecule has 0 spiro atoms. The number of imidazole rings is 1. The third-order valence-electron chi connectivity index (χ3n) is 6.38. The number of rotatable bonds is 7. The minimum absolute atomic E-state index is 0.189. The maximum absolute atomic E-state index is 12.9. The van der Waals surface area contributed by atoms with Crippen LogP contribution in [0.5, 0.6) is 0 Å². The minimum atomic E-state index is -3.67. The van der Waals surface area contributed by atoms with Gasteiger partial charge in [-0.1, -0.05) is 12.1 Å². The molecule has 3 N–H and O–H groups in total. The van der Waals surface area contributed by atoms with Crippen LogP contribution in [-0.4, -0.2) is 58.6 Å². The lowest BCUT2D eigenvalue weighted by atomic mass is 10.2. The fraction of sp³-hybridized carbons (Fsp3) is 0.364. The number of nitrogens with one attached hydrogen (secondary N) is 2. The molecule has 2 aromatic heterocycles. The molecule has 2 fully saturated rings. The molecule has 1 aliphatic carbocycles. The number of pyridine rings is 1. The van der Waals surface area contributed by atoms with E-state index >= 15 is 0 Å². The highest BCUT2D eigenvalue weighted by Crippen LogP contribution is 2.50. The predicted octanol–water partition coefficient (Wildman–Crippen LogP) is 0.955. The first kappa shape index (κ1) is 21.1. The largest absolute Gasteiger partial charge is 0.379 e. The highest BCUT2D eigenvalue weighted by Gasteiger charge is 2.62. The number of benzene rings is 1. The second kappa shape index (κ2) is 7.66. The molecule has 1 aliphatic heterocycles. The van der Waals surface area contributed by atoms with E-state index in [1.807, 2.05) is 4.90 Å². The van der Waals surface area contributed by atoms with E-state index in [0.717, 1.165) is 17.6 Å². The van der Waals surface area contributed by atoms with Crippen molar-refractivity contribution in [2.45, 2.75) is 36.6 Å². The first-order valence-electron chi connectivity index (χ1n) is 10.5. The lowest BCUT2D eigenvalue weighted by Crippen LogP contribution is -2.44. The Morgan fingerprint density at radius 2 is 2.06 bits per heavy atom. The van der Waals surface area contributed by atoms with Gasteiger partial charge in [0.25, 0.3) is 5.91 Å². The molecule has 1 aromatic carbocycles. The van der Waals surface area contributed by atoms with Crippen LogP contribution in [0.1, 0.15) is 29.3 Å². The van der Waals surface area contributed by atoms with Crippen LogP contribution in [-0.2, 0) is 16.6 Å². The Balaban J connectivity index is 1.21. The molecule has 3 heterocycles. The number of fused-ring (bicyclic) bond motifs is 2. The number of likely N-dealkylation sites (tertiary alicyclic amines) is 1. The standard InChI is InChI=1S/C22H25N5O4S/c1-15(28)27-13-18-10-22(18,14-27)25-32(30,31)19-5-2-16(3-6-19)11-24-21(29)17-4-7-20-23-8-9-26(20)12-17/h2-9,12,15,18,25,28H,10-11,13-14H2,1H3,(H,24,29). The van der Waals surface area contributed by atoms with E-state index in [-0.39, 0.29) is 23.3 Å². The highest BCUT2D eigenvalue weighted by molar-refractivity contribution is 7.89. The number of aliphatic hydroxyl groups is 1. The Hall–Kier alpha value is -2.79. The Morgan fingerprint density at radius 1 is 1.28 bits per heavy atom. The normalized spacial score (nSPS) is 23.8. The van der Waals surface area contributed by atoms with Gasteiger partial charge in [0.15, 0.2) is 0 Å². The summed E-state index contributed by atoms with van der Waals surface area (Å²) in [6.45, 7) is 3.20. The van der Waals surface area contributed by atoms with Crippen LogP contribution in [0.4, 0.5) is 0 Å². The molecule has 1 saturated carbocycles. The van der Waals surface area contributed by atoms with Crippen LogP contribution in [0.3, 0.4) is 0 Å². The fourth-order valence-corrected chi connectivity index (χ4v) is 5.88. The zero-order valence-corrected chi connectivity index (χ0v) is 18.4. The van der Waals surface area contributed by atoms with Gasteiger partial charge in [0, 0.05) is 38.2 Å². The summed E-state index contributed by atoms with van der Waals surface area (Å²) in [7, 11) is -3.67. The van der Waals surface area contributed by atoms with E-state index in [0.29, 0.717) is 18.7 Å². The van der Waals surface area contributed by atoms with E-state index in [1.54, 1.807) is 66.3 Å². The summed E-state index contributed by atoms with van der Waals surface area (Å²) in [5, 5.41) is 12.6. The maximum Gasteiger partial charge on any atom is 0.253 e. The van der Waals surface area contributed by atoms with Gasteiger partial charge in [0.05, 0.1) is 16.0 Å². The number of carbonyl (C=O) groups excluding carboxylic acids is 1. The van der Waals surface area contributed by atoms with E-state index < -0.39 is 21.8 Å². The van der Waals surface area contributed by atoms with E-state index in [4.69, 9.17) is 0 Å². The lowest BCUT2D eigenvalue weighted by molar-refractivity contribution is 0.0265. The van der Waals surface area contributed by atoms with Crippen LogP contribution in [0.2, 0.25) is 0 Å². The van der Waals surface area contributed by atoms with E-state index in [2.05, 4.69) is 15.0 Å². The Bertz CT molecular complexity index is 1270. The van der Waals surface area contributed by atoms with Gasteiger partial charge >= 0.3 is 0 Å². The third kappa shape index (κ3) is 3.90. The van der Waals surface area contributed by atoms with Gasteiger partial charge < -0.3 is 14.8 Å². The van der Waals surface area contributed by atoms with Gasteiger partial charge in [-0.3, -0.25) is 9.69 Å². The second-order valence-electron chi connectivity index (χ2n) is 8.66. The number of hydrogen-bond acceptors (Lipinski definition) is 6. The molecule has 0 bridgehead atoms. The van der Waals surface area contributed by atoms with Crippen LogP contribution in [0, 0.1) is 5.92 Å². The number of piperidine rings is 1. The topological polar surface area (TPSA) is 116 Å². The average Bonchev–Trinajstić information content (AvgIpc) is 3.10. The molecule has 9 nitrogen and oxygen atoms in total. The summed E-state index contributed by atoms with van der Waals surface area (Å²) in [5.41, 5.74) is 1.60. The SMILES string of the molecule is CC(O)N1CC2CC2(NS(=O)(=O)c2ccc(CNC(=O)c3ccc4nccn4c3)cc2)C1. The van der Waals surface area contributed by atoms with Gasteiger partial charge in [-0.15, -0.1) is 0 Å². The van der Waals surface area contributed by atoms with Crippen LogP contribution >= 0.6 is 0 Å². The molecule has 5 rings (SSSR count). The Kier molecular flexibility index (Phi) is 5.05. The van der Waals surface area contributed by atoms with Crippen molar-refractivity contribution in [2.24, 2.45) is 5.92 Å². The van der Waals surface area contributed by atoms with Gasteiger partial charge in [-0.2, -0.15) is 0 Å².